The molecule has 1 unspecified atom stereocenters. The molecule has 0 saturated heterocycles. The molecule has 2 aromatic rings. The van der Waals surface area contributed by atoms with E-state index in [4.69, 9.17) is 25.9 Å². The molecule has 1 aromatic carbocycles. The van der Waals surface area contributed by atoms with Crippen molar-refractivity contribution in [3.8, 4) is 5.75 Å². The van der Waals surface area contributed by atoms with Gasteiger partial charge in [0.25, 0.3) is 0 Å². The number of nitrogens with one attached hydrogen (secondary N) is 1. The summed E-state index contributed by atoms with van der Waals surface area (Å²) in [7, 11) is -0.109. The molecule has 1 atom stereocenters. The number of rotatable bonds is 7. The Labute approximate surface area is 145 Å². The first-order chi connectivity index (χ1) is 11.4. The number of carboxylic acids is 1. The minimum Gasteiger partial charge on any atom is -0.495 e. The van der Waals surface area contributed by atoms with Crippen molar-refractivity contribution in [2.45, 2.75) is 5.75 Å². The third-order valence-corrected chi connectivity index (χ3v) is 4.33. The van der Waals surface area contributed by atoms with Crippen LogP contribution in [0.4, 0.5) is 5.69 Å². The zero-order valence-corrected chi connectivity index (χ0v) is 14.1. The molecule has 2 rings (SSSR count). The highest BCUT2D eigenvalue weighted by atomic mass is 35.5. The molecule has 0 saturated carbocycles. The number of carbonyl (C=O) groups is 2. The van der Waals surface area contributed by atoms with Crippen molar-refractivity contribution in [3.05, 3.63) is 46.9 Å². The lowest BCUT2D eigenvalue weighted by Crippen LogP contribution is -2.20. The molecular weight excluding hydrogens is 358 g/mol. The van der Waals surface area contributed by atoms with Crippen LogP contribution in [0.2, 0.25) is 5.02 Å². The van der Waals surface area contributed by atoms with E-state index in [0.717, 1.165) is 0 Å². The van der Waals surface area contributed by atoms with E-state index in [2.05, 4.69) is 5.32 Å². The van der Waals surface area contributed by atoms with Gasteiger partial charge in [-0.1, -0.05) is 11.6 Å². The van der Waals surface area contributed by atoms with Crippen LogP contribution in [-0.2, 0) is 21.3 Å². The first-order valence-corrected chi connectivity index (χ1v) is 8.56. The molecule has 2 N–H and O–H groups in total. The number of ether oxygens (including phenoxy) is 1. The predicted molar refractivity (Wildman–Crippen MR) is 89.0 cm³/mol. The molecule has 1 aromatic heterocycles. The summed E-state index contributed by atoms with van der Waals surface area (Å²) in [6.07, 6.45) is 0. The van der Waals surface area contributed by atoms with Crippen LogP contribution in [0.1, 0.15) is 16.3 Å². The molecule has 0 spiro atoms. The number of hydrogen-bond acceptors (Lipinski definition) is 5. The quantitative estimate of drug-likeness (QED) is 0.774. The molecule has 0 fully saturated rings. The summed E-state index contributed by atoms with van der Waals surface area (Å²) in [5.74, 6) is -1.62. The van der Waals surface area contributed by atoms with E-state index in [1.165, 1.54) is 25.3 Å². The van der Waals surface area contributed by atoms with E-state index in [9.17, 15) is 13.8 Å². The second-order valence-electron chi connectivity index (χ2n) is 4.69. The van der Waals surface area contributed by atoms with Gasteiger partial charge >= 0.3 is 5.97 Å². The molecule has 1 amide bonds. The maximum Gasteiger partial charge on any atom is 0.371 e. The van der Waals surface area contributed by atoms with Crippen molar-refractivity contribution in [3.63, 3.8) is 0 Å². The first-order valence-electron chi connectivity index (χ1n) is 6.69. The van der Waals surface area contributed by atoms with Crippen molar-refractivity contribution in [2.75, 3.05) is 18.2 Å². The molecule has 24 heavy (non-hydrogen) atoms. The standard InChI is InChI=1S/C15H14ClNO6S/c1-22-12-4-2-9(16)6-11(12)17-14(18)8-24(21)7-10-3-5-13(23-10)15(19)20/h2-6H,7-8H2,1H3,(H,17,18)(H,19,20). The van der Waals surface area contributed by atoms with Crippen molar-refractivity contribution in [1.29, 1.82) is 0 Å². The van der Waals surface area contributed by atoms with Crippen LogP contribution in [0, 0.1) is 0 Å². The van der Waals surface area contributed by atoms with Gasteiger partial charge in [-0.05, 0) is 30.3 Å². The molecule has 128 valence electrons. The lowest BCUT2D eigenvalue weighted by molar-refractivity contribution is -0.113. The van der Waals surface area contributed by atoms with Crippen LogP contribution in [-0.4, -0.2) is 34.1 Å². The summed E-state index contributed by atoms with van der Waals surface area (Å²) in [5, 5.41) is 11.8. The van der Waals surface area contributed by atoms with Gasteiger partial charge in [-0.25, -0.2) is 4.79 Å². The monoisotopic (exact) mass is 371 g/mol. The van der Waals surface area contributed by atoms with Gasteiger partial charge in [0, 0.05) is 15.8 Å². The average molecular weight is 372 g/mol. The first kappa shape index (κ1) is 18.0. The normalized spacial score (nSPS) is 11.8. The maximum absolute atomic E-state index is 12.0. The SMILES string of the molecule is COc1ccc(Cl)cc1NC(=O)CS(=O)Cc1ccc(C(=O)O)o1. The van der Waals surface area contributed by atoms with Crippen molar-refractivity contribution in [1.82, 2.24) is 0 Å². The smallest absolute Gasteiger partial charge is 0.371 e. The summed E-state index contributed by atoms with van der Waals surface area (Å²) in [5.41, 5.74) is 0.373. The summed E-state index contributed by atoms with van der Waals surface area (Å²) < 4.78 is 22.1. The second kappa shape index (κ2) is 7.98. The van der Waals surface area contributed by atoms with Crippen LogP contribution < -0.4 is 10.1 Å². The largest absolute Gasteiger partial charge is 0.495 e. The van der Waals surface area contributed by atoms with E-state index >= 15 is 0 Å². The van der Waals surface area contributed by atoms with Crippen molar-refractivity contribution in [2.24, 2.45) is 0 Å². The lowest BCUT2D eigenvalue weighted by atomic mass is 10.3. The Morgan fingerprint density at radius 1 is 1.33 bits per heavy atom. The Hall–Kier alpha value is -2.32. The number of halogens is 1. The molecule has 0 aliphatic carbocycles. The number of methoxy groups -OCH3 is 1. The lowest BCUT2D eigenvalue weighted by Gasteiger charge is -2.10. The van der Waals surface area contributed by atoms with E-state index < -0.39 is 22.7 Å². The van der Waals surface area contributed by atoms with Gasteiger partial charge in [-0.2, -0.15) is 0 Å². The fraction of sp³-hybridized carbons (Fsp3) is 0.200. The molecular formula is C15H14ClNO6S. The molecule has 0 aliphatic rings. The van der Waals surface area contributed by atoms with Gasteiger partial charge in [0.15, 0.2) is 0 Å². The number of furan rings is 1. The van der Waals surface area contributed by atoms with Crippen LogP contribution in [0.5, 0.6) is 5.75 Å². The number of anilines is 1. The minimum atomic E-state index is -1.56. The number of amides is 1. The zero-order valence-electron chi connectivity index (χ0n) is 12.6. The number of hydrogen-bond donors (Lipinski definition) is 2. The molecule has 9 heteroatoms. The number of carbonyl (C=O) groups excluding carboxylic acids is 1. The Morgan fingerprint density at radius 3 is 2.71 bits per heavy atom. The average Bonchev–Trinajstić information content (AvgIpc) is 2.95. The van der Waals surface area contributed by atoms with Crippen molar-refractivity contribution < 1.29 is 28.1 Å². The van der Waals surface area contributed by atoms with E-state index in [1.807, 2.05) is 0 Å². The van der Waals surface area contributed by atoms with Gasteiger partial charge in [-0.15, -0.1) is 0 Å². The summed E-state index contributed by atoms with van der Waals surface area (Å²) in [4.78, 5) is 22.7. The second-order valence-corrected chi connectivity index (χ2v) is 6.59. The zero-order chi connectivity index (χ0) is 17.7. The van der Waals surface area contributed by atoms with E-state index in [-0.39, 0.29) is 23.0 Å². The number of aromatic carboxylic acids is 1. The summed E-state index contributed by atoms with van der Waals surface area (Å²) in [6.45, 7) is 0. The fourth-order valence-electron chi connectivity index (χ4n) is 1.89. The highest BCUT2D eigenvalue weighted by Crippen LogP contribution is 2.27. The molecule has 0 aliphatic heterocycles. The van der Waals surface area contributed by atoms with Gasteiger partial charge in [0.05, 0.1) is 18.6 Å². The van der Waals surface area contributed by atoms with E-state index in [0.29, 0.717) is 16.5 Å². The van der Waals surface area contributed by atoms with Gasteiger partial charge in [-0.3, -0.25) is 9.00 Å². The minimum absolute atomic E-state index is 0.0621. The summed E-state index contributed by atoms with van der Waals surface area (Å²) >= 11 is 5.87. The van der Waals surface area contributed by atoms with Crippen LogP contribution in [0.25, 0.3) is 0 Å². The molecule has 7 nitrogen and oxygen atoms in total. The molecule has 1 heterocycles. The Kier molecular flexibility index (Phi) is 5.99. The van der Waals surface area contributed by atoms with Crippen LogP contribution >= 0.6 is 11.6 Å². The third-order valence-electron chi connectivity index (χ3n) is 2.90. The van der Waals surface area contributed by atoms with E-state index in [1.54, 1.807) is 12.1 Å². The fourth-order valence-corrected chi connectivity index (χ4v) is 3.00. The van der Waals surface area contributed by atoms with Crippen LogP contribution in [0.15, 0.2) is 34.7 Å². The Morgan fingerprint density at radius 2 is 2.08 bits per heavy atom. The highest BCUT2D eigenvalue weighted by Gasteiger charge is 2.15. The highest BCUT2D eigenvalue weighted by molar-refractivity contribution is 7.84. The summed E-state index contributed by atoms with van der Waals surface area (Å²) in [6, 6.07) is 7.42. The third kappa shape index (κ3) is 4.84. The topological polar surface area (TPSA) is 106 Å². The van der Waals surface area contributed by atoms with Gasteiger partial charge in [0.2, 0.25) is 11.7 Å². The Balaban J connectivity index is 1.95. The molecule has 0 bridgehead atoms. The number of benzene rings is 1. The van der Waals surface area contributed by atoms with Crippen molar-refractivity contribution >= 4 is 40.0 Å². The predicted octanol–water partition coefficient (Wildman–Crippen LogP) is 2.53. The molecule has 0 radical (unpaired) electrons. The number of carboxylic acid groups (broad SMARTS) is 1. The Bertz CT molecular complexity index is 788. The van der Waals surface area contributed by atoms with Crippen LogP contribution in [0.3, 0.4) is 0 Å². The maximum atomic E-state index is 12.0. The van der Waals surface area contributed by atoms with Gasteiger partial charge in [0.1, 0.15) is 17.3 Å². The van der Waals surface area contributed by atoms with Gasteiger partial charge < -0.3 is 19.6 Å².